The van der Waals surface area contributed by atoms with Crippen LogP contribution < -0.4 is 15.4 Å². The summed E-state index contributed by atoms with van der Waals surface area (Å²) in [6, 6.07) is 12.8. The molecule has 1 aliphatic heterocycles. The molecular formula is C22H28ClN3O5S. The number of ether oxygens (including phenoxy) is 1. The van der Waals surface area contributed by atoms with Gasteiger partial charge < -0.3 is 20.5 Å². The van der Waals surface area contributed by atoms with E-state index >= 15 is 0 Å². The van der Waals surface area contributed by atoms with Gasteiger partial charge in [0.1, 0.15) is 6.10 Å². The van der Waals surface area contributed by atoms with Gasteiger partial charge in [0, 0.05) is 17.3 Å². The fraction of sp³-hybridized carbons (Fsp3) is 0.409. The van der Waals surface area contributed by atoms with E-state index in [1.54, 1.807) is 55.5 Å². The smallest absolute Gasteiger partial charge is 0.319 e. The Hall–Kier alpha value is -2.17. The third-order valence-electron chi connectivity index (χ3n) is 5.34. The number of benzene rings is 2. The summed E-state index contributed by atoms with van der Waals surface area (Å²) in [5.41, 5.74) is 1.24. The van der Waals surface area contributed by atoms with Crippen LogP contribution in [0.3, 0.4) is 0 Å². The topological polar surface area (TPSA) is 117 Å². The first-order valence-electron chi connectivity index (χ1n) is 10.4. The molecule has 0 radical (unpaired) electrons. The zero-order valence-corrected chi connectivity index (χ0v) is 19.3. The van der Waals surface area contributed by atoms with Crippen molar-refractivity contribution < 1.29 is 23.1 Å². The van der Waals surface area contributed by atoms with Crippen LogP contribution in [0.15, 0.2) is 53.4 Å². The van der Waals surface area contributed by atoms with Gasteiger partial charge in [0.25, 0.3) is 0 Å². The molecule has 0 aliphatic carbocycles. The summed E-state index contributed by atoms with van der Waals surface area (Å²) in [6.07, 6.45) is 0.893. The van der Waals surface area contributed by atoms with Crippen LogP contribution in [0.4, 0.5) is 10.5 Å². The second-order valence-electron chi connectivity index (χ2n) is 7.72. The van der Waals surface area contributed by atoms with Crippen molar-refractivity contribution in [3.8, 4) is 0 Å². The molecule has 0 aromatic heterocycles. The molecular weight excluding hydrogens is 454 g/mol. The number of aliphatic hydroxyl groups excluding tert-OH is 1. The molecule has 2 aromatic carbocycles. The largest absolute Gasteiger partial charge is 0.394 e. The third-order valence-corrected chi connectivity index (χ3v) is 7.19. The van der Waals surface area contributed by atoms with Crippen LogP contribution in [0.1, 0.15) is 24.8 Å². The molecule has 10 heteroatoms. The SMILES string of the molecule is Cc1ccccc1S(=O)(=O)NCC[C@H]1CC[C@@H](NC(=O)Nc2cccc(Cl)c2)[C@H](CO)O1. The lowest BCUT2D eigenvalue weighted by molar-refractivity contribution is -0.0884. The number of carbonyl (C=O) groups is 1. The van der Waals surface area contributed by atoms with Crippen molar-refractivity contribution in [1.82, 2.24) is 10.0 Å². The quantitative estimate of drug-likeness (QED) is 0.462. The minimum absolute atomic E-state index is 0.215. The van der Waals surface area contributed by atoms with Crippen molar-refractivity contribution in [3.05, 3.63) is 59.1 Å². The van der Waals surface area contributed by atoms with E-state index in [2.05, 4.69) is 15.4 Å². The monoisotopic (exact) mass is 481 g/mol. The summed E-state index contributed by atoms with van der Waals surface area (Å²) in [7, 11) is -3.60. The van der Waals surface area contributed by atoms with Crippen molar-refractivity contribution >= 4 is 33.3 Å². The van der Waals surface area contributed by atoms with Gasteiger partial charge in [-0.1, -0.05) is 35.9 Å². The normalized spacial score (nSPS) is 21.2. The van der Waals surface area contributed by atoms with Gasteiger partial charge >= 0.3 is 6.03 Å². The number of hydrogen-bond donors (Lipinski definition) is 4. The first-order chi connectivity index (χ1) is 15.3. The Bertz CT molecular complexity index is 1030. The zero-order valence-electron chi connectivity index (χ0n) is 17.8. The van der Waals surface area contributed by atoms with Crippen LogP contribution in [0.5, 0.6) is 0 Å². The number of nitrogens with one attached hydrogen (secondary N) is 3. The summed E-state index contributed by atoms with van der Waals surface area (Å²) in [6.45, 7) is 1.71. The minimum Gasteiger partial charge on any atom is -0.394 e. The van der Waals surface area contributed by atoms with Crippen molar-refractivity contribution in [2.75, 3.05) is 18.5 Å². The predicted octanol–water partition coefficient (Wildman–Crippen LogP) is 3.05. The van der Waals surface area contributed by atoms with E-state index in [0.717, 1.165) is 0 Å². The van der Waals surface area contributed by atoms with E-state index < -0.39 is 22.2 Å². The standard InChI is InChI=1S/C22H28ClN3O5S/c1-15-5-2-3-8-21(15)32(29,30)24-12-11-18-9-10-19(20(14-27)31-18)26-22(28)25-17-7-4-6-16(23)13-17/h2-8,13,18-20,24,27H,9-12,14H2,1H3,(H2,25,26,28)/t18-,19-,20+/m1/s1. The molecule has 3 atom stereocenters. The Morgan fingerprint density at radius 2 is 1.97 bits per heavy atom. The van der Waals surface area contributed by atoms with Gasteiger partial charge in [-0.2, -0.15) is 0 Å². The van der Waals surface area contributed by atoms with Gasteiger partial charge in [0.05, 0.1) is 23.6 Å². The molecule has 0 bridgehead atoms. The molecule has 2 aromatic rings. The van der Waals surface area contributed by atoms with Crippen LogP contribution in [0, 0.1) is 6.92 Å². The Labute approximate surface area is 193 Å². The number of aliphatic hydroxyl groups is 1. The van der Waals surface area contributed by atoms with Gasteiger partial charge in [-0.3, -0.25) is 0 Å². The molecule has 0 unspecified atom stereocenters. The van der Waals surface area contributed by atoms with Gasteiger partial charge in [0.15, 0.2) is 0 Å². The van der Waals surface area contributed by atoms with Crippen LogP contribution in [-0.2, 0) is 14.8 Å². The molecule has 174 valence electrons. The molecule has 0 saturated carbocycles. The first-order valence-corrected chi connectivity index (χ1v) is 12.3. The van der Waals surface area contributed by atoms with Gasteiger partial charge in [-0.25, -0.2) is 17.9 Å². The highest BCUT2D eigenvalue weighted by molar-refractivity contribution is 7.89. The molecule has 32 heavy (non-hydrogen) atoms. The molecule has 1 fully saturated rings. The average molecular weight is 482 g/mol. The van der Waals surface area contributed by atoms with Crippen LogP contribution in [0.25, 0.3) is 0 Å². The molecule has 1 saturated heterocycles. The second kappa shape index (κ2) is 11.1. The fourth-order valence-corrected chi connectivity index (χ4v) is 5.18. The van der Waals surface area contributed by atoms with Crippen molar-refractivity contribution in [2.45, 2.75) is 49.3 Å². The first kappa shape index (κ1) is 24.5. The Kier molecular flexibility index (Phi) is 8.50. The van der Waals surface area contributed by atoms with E-state index in [1.807, 2.05) is 0 Å². The Morgan fingerprint density at radius 1 is 1.19 bits per heavy atom. The van der Waals surface area contributed by atoms with E-state index in [9.17, 15) is 18.3 Å². The Balaban J connectivity index is 1.47. The molecule has 0 spiro atoms. The van der Waals surface area contributed by atoms with E-state index in [1.165, 1.54) is 0 Å². The number of sulfonamides is 1. The molecule has 1 heterocycles. The van der Waals surface area contributed by atoms with E-state index in [4.69, 9.17) is 16.3 Å². The number of carbonyl (C=O) groups excluding carboxylic acids is 1. The molecule has 3 rings (SSSR count). The third kappa shape index (κ3) is 6.66. The number of rotatable bonds is 8. The highest BCUT2D eigenvalue weighted by Crippen LogP contribution is 2.23. The zero-order chi connectivity index (χ0) is 23.1. The lowest BCUT2D eigenvalue weighted by Crippen LogP contribution is -2.52. The molecule has 8 nitrogen and oxygen atoms in total. The van der Waals surface area contributed by atoms with Gasteiger partial charge in [-0.15, -0.1) is 0 Å². The van der Waals surface area contributed by atoms with E-state index in [0.29, 0.717) is 35.5 Å². The summed E-state index contributed by atoms with van der Waals surface area (Å²) in [4.78, 5) is 12.6. The lowest BCUT2D eigenvalue weighted by Gasteiger charge is -2.36. The number of urea groups is 1. The van der Waals surface area contributed by atoms with Gasteiger partial charge in [0.2, 0.25) is 10.0 Å². The number of anilines is 1. The molecule has 2 amide bonds. The van der Waals surface area contributed by atoms with Gasteiger partial charge in [-0.05, 0) is 56.0 Å². The molecule has 4 N–H and O–H groups in total. The predicted molar refractivity (Wildman–Crippen MR) is 123 cm³/mol. The Morgan fingerprint density at radius 3 is 2.69 bits per heavy atom. The number of hydrogen-bond acceptors (Lipinski definition) is 5. The van der Waals surface area contributed by atoms with Crippen molar-refractivity contribution in [1.29, 1.82) is 0 Å². The van der Waals surface area contributed by atoms with Crippen molar-refractivity contribution in [3.63, 3.8) is 0 Å². The highest BCUT2D eigenvalue weighted by atomic mass is 35.5. The summed E-state index contributed by atoms with van der Waals surface area (Å²) in [5.74, 6) is 0. The maximum Gasteiger partial charge on any atom is 0.319 e. The summed E-state index contributed by atoms with van der Waals surface area (Å²) < 4.78 is 33.5. The fourth-order valence-electron chi connectivity index (χ4n) is 3.70. The number of aryl methyl sites for hydroxylation is 1. The van der Waals surface area contributed by atoms with E-state index in [-0.39, 0.29) is 30.2 Å². The average Bonchev–Trinajstić information content (AvgIpc) is 2.74. The van der Waals surface area contributed by atoms with Crippen LogP contribution >= 0.6 is 11.6 Å². The van der Waals surface area contributed by atoms with Crippen molar-refractivity contribution in [2.24, 2.45) is 0 Å². The highest BCUT2D eigenvalue weighted by Gasteiger charge is 2.32. The van der Waals surface area contributed by atoms with Crippen LogP contribution in [-0.4, -0.2) is 51.0 Å². The van der Waals surface area contributed by atoms with Crippen LogP contribution in [0.2, 0.25) is 5.02 Å². The number of halogens is 1. The minimum atomic E-state index is -3.60. The summed E-state index contributed by atoms with van der Waals surface area (Å²) in [5, 5.41) is 15.8. The number of amides is 2. The summed E-state index contributed by atoms with van der Waals surface area (Å²) >= 11 is 5.93. The molecule has 1 aliphatic rings. The maximum atomic E-state index is 12.5. The second-order valence-corrected chi connectivity index (χ2v) is 9.90. The maximum absolute atomic E-state index is 12.5. The lowest BCUT2D eigenvalue weighted by atomic mass is 9.97.